The molecular formula is C22H29N3O5S. The highest BCUT2D eigenvalue weighted by molar-refractivity contribution is 7.89. The van der Waals surface area contributed by atoms with Crippen molar-refractivity contribution >= 4 is 15.9 Å². The largest absolute Gasteiger partial charge is 0.497 e. The molecule has 168 valence electrons. The molecule has 4 rings (SSSR count). The van der Waals surface area contributed by atoms with E-state index in [0.717, 1.165) is 18.5 Å². The first kappa shape index (κ1) is 21.8. The number of nitrogens with two attached hydrogens (primary N) is 1. The molecule has 1 saturated heterocycles. The summed E-state index contributed by atoms with van der Waals surface area (Å²) >= 11 is 0. The van der Waals surface area contributed by atoms with E-state index in [1.165, 1.54) is 42.8 Å². The summed E-state index contributed by atoms with van der Waals surface area (Å²) in [6.07, 6.45) is 6.41. The van der Waals surface area contributed by atoms with Gasteiger partial charge in [-0.25, -0.2) is 8.42 Å². The molecule has 1 aliphatic heterocycles. The normalized spacial score (nSPS) is 23.1. The maximum Gasteiger partial charge on any atom is 0.243 e. The molecule has 31 heavy (non-hydrogen) atoms. The third-order valence-corrected chi connectivity index (χ3v) is 8.47. The molecule has 2 heterocycles. The Hall–Kier alpha value is -2.39. The molecule has 0 radical (unpaired) electrons. The molecule has 1 aliphatic carbocycles. The molecule has 0 unspecified atom stereocenters. The second kappa shape index (κ2) is 8.63. The topological polar surface area (TPSA) is 116 Å². The minimum atomic E-state index is -3.78. The number of methoxy groups -OCH3 is 1. The van der Waals surface area contributed by atoms with E-state index < -0.39 is 21.3 Å². The average molecular weight is 448 g/mol. The Morgan fingerprint density at radius 1 is 1.29 bits per heavy atom. The number of primary amides is 1. The smallest absolute Gasteiger partial charge is 0.243 e. The first-order valence-electron chi connectivity index (χ1n) is 10.7. The van der Waals surface area contributed by atoms with Crippen molar-refractivity contribution in [3.05, 3.63) is 41.8 Å². The highest BCUT2D eigenvalue weighted by atomic mass is 32.2. The Morgan fingerprint density at radius 2 is 2.06 bits per heavy atom. The number of hydrogen-bond acceptors (Lipinski definition) is 6. The Kier molecular flexibility index (Phi) is 6.07. The van der Waals surface area contributed by atoms with Crippen molar-refractivity contribution in [2.24, 2.45) is 11.1 Å². The molecule has 2 fully saturated rings. The molecule has 1 saturated carbocycles. The Labute approximate surface area is 182 Å². The summed E-state index contributed by atoms with van der Waals surface area (Å²) in [6.45, 7) is 0.230. The van der Waals surface area contributed by atoms with Crippen molar-refractivity contribution in [2.75, 3.05) is 20.2 Å². The lowest BCUT2D eigenvalue weighted by atomic mass is 9.81. The summed E-state index contributed by atoms with van der Waals surface area (Å²) in [7, 11) is -2.30. The summed E-state index contributed by atoms with van der Waals surface area (Å²) in [4.78, 5) is 12.6. The zero-order chi connectivity index (χ0) is 22.1. The van der Waals surface area contributed by atoms with Crippen LogP contribution in [0, 0.1) is 5.41 Å². The van der Waals surface area contributed by atoms with Crippen LogP contribution in [0.4, 0.5) is 0 Å². The maximum atomic E-state index is 13.2. The average Bonchev–Trinajstić information content (AvgIpc) is 3.43. The number of rotatable bonds is 7. The van der Waals surface area contributed by atoms with Gasteiger partial charge in [-0.15, -0.1) is 0 Å². The van der Waals surface area contributed by atoms with E-state index in [-0.39, 0.29) is 24.4 Å². The first-order valence-corrected chi connectivity index (χ1v) is 12.2. The van der Waals surface area contributed by atoms with E-state index in [2.05, 4.69) is 5.16 Å². The van der Waals surface area contributed by atoms with Gasteiger partial charge < -0.3 is 15.0 Å². The molecular weight excluding hydrogens is 418 g/mol. The molecule has 1 aromatic carbocycles. The Morgan fingerprint density at radius 3 is 2.77 bits per heavy atom. The molecule has 2 aliphatic rings. The fourth-order valence-electron chi connectivity index (χ4n) is 4.72. The van der Waals surface area contributed by atoms with Gasteiger partial charge in [-0.1, -0.05) is 30.5 Å². The second-order valence-electron chi connectivity index (χ2n) is 8.64. The van der Waals surface area contributed by atoms with Crippen molar-refractivity contribution in [3.8, 4) is 5.75 Å². The minimum absolute atomic E-state index is 0.0152. The standard InChI is InChI=1S/C22H29N3O5S/c1-29-17-8-5-9-19(12-17)31(27,28)25-11-10-22(15-25,21(23)26)14-18-13-20(24-30-18)16-6-3-2-4-7-16/h5,8-9,12-13,16H,2-4,6-7,10-11,14-15H2,1H3,(H2,23,26)/t22-/m0/s1. The van der Waals surface area contributed by atoms with Crippen LogP contribution in [0.5, 0.6) is 5.75 Å². The first-order chi connectivity index (χ1) is 14.8. The number of ether oxygens (including phenoxy) is 1. The van der Waals surface area contributed by atoms with Gasteiger partial charge in [-0.2, -0.15) is 4.31 Å². The van der Waals surface area contributed by atoms with Crippen LogP contribution in [-0.2, 0) is 21.2 Å². The predicted octanol–water partition coefficient (Wildman–Crippen LogP) is 2.84. The van der Waals surface area contributed by atoms with Crippen molar-refractivity contribution < 1.29 is 22.5 Å². The van der Waals surface area contributed by atoms with Crippen LogP contribution in [-0.4, -0.2) is 44.0 Å². The highest BCUT2D eigenvalue weighted by Gasteiger charge is 2.48. The predicted molar refractivity (Wildman–Crippen MR) is 114 cm³/mol. The summed E-state index contributed by atoms with van der Waals surface area (Å²) in [5, 5.41) is 4.23. The van der Waals surface area contributed by atoms with Crippen molar-refractivity contribution in [1.29, 1.82) is 0 Å². The molecule has 1 atom stereocenters. The van der Waals surface area contributed by atoms with Crippen molar-refractivity contribution in [1.82, 2.24) is 9.46 Å². The summed E-state index contributed by atoms with van der Waals surface area (Å²) < 4.78 is 38.3. The summed E-state index contributed by atoms with van der Waals surface area (Å²) in [5.41, 5.74) is 5.68. The third-order valence-electron chi connectivity index (χ3n) is 6.63. The summed E-state index contributed by atoms with van der Waals surface area (Å²) in [6, 6.07) is 8.23. The third kappa shape index (κ3) is 4.34. The van der Waals surface area contributed by atoms with Gasteiger partial charge in [-0.05, 0) is 31.4 Å². The van der Waals surface area contributed by atoms with Crippen LogP contribution in [0.25, 0.3) is 0 Å². The van der Waals surface area contributed by atoms with Crippen LogP contribution < -0.4 is 10.5 Å². The van der Waals surface area contributed by atoms with Gasteiger partial charge in [0.05, 0.1) is 23.1 Å². The van der Waals surface area contributed by atoms with Crippen LogP contribution in [0.3, 0.4) is 0 Å². The lowest BCUT2D eigenvalue weighted by Crippen LogP contribution is -2.42. The van der Waals surface area contributed by atoms with E-state index in [9.17, 15) is 13.2 Å². The Bertz CT molecular complexity index is 1040. The van der Waals surface area contributed by atoms with E-state index in [1.807, 2.05) is 6.07 Å². The fourth-order valence-corrected chi connectivity index (χ4v) is 6.28. The molecule has 0 spiro atoms. The number of carbonyl (C=O) groups is 1. The quantitative estimate of drug-likeness (QED) is 0.698. The number of benzene rings is 1. The zero-order valence-corrected chi connectivity index (χ0v) is 18.6. The molecule has 9 heteroatoms. The number of sulfonamides is 1. The Balaban J connectivity index is 1.53. The molecule has 2 aromatic rings. The van der Waals surface area contributed by atoms with Gasteiger partial charge in [0.2, 0.25) is 15.9 Å². The number of aromatic nitrogens is 1. The molecule has 0 bridgehead atoms. The van der Waals surface area contributed by atoms with E-state index in [0.29, 0.717) is 23.8 Å². The number of nitrogens with zero attached hydrogens (tertiary/aromatic N) is 2. The SMILES string of the molecule is COc1cccc(S(=O)(=O)N2CC[C@@](Cc3cc(C4CCCCC4)no3)(C(N)=O)C2)c1. The molecule has 2 N–H and O–H groups in total. The zero-order valence-electron chi connectivity index (χ0n) is 17.7. The number of hydrogen-bond donors (Lipinski definition) is 1. The van der Waals surface area contributed by atoms with E-state index in [4.69, 9.17) is 15.0 Å². The van der Waals surface area contributed by atoms with Gasteiger partial charge in [-0.3, -0.25) is 4.79 Å². The lowest BCUT2D eigenvalue weighted by molar-refractivity contribution is -0.127. The molecule has 8 nitrogen and oxygen atoms in total. The van der Waals surface area contributed by atoms with Gasteiger partial charge in [0.1, 0.15) is 11.5 Å². The number of carbonyl (C=O) groups excluding carboxylic acids is 1. The van der Waals surface area contributed by atoms with Crippen LogP contribution >= 0.6 is 0 Å². The summed E-state index contributed by atoms with van der Waals surface area (Å²) in [5.74, 6) is 0.911. The second-order valence-corrected chi connectivity index (χ2v) is 10.6. The van der Waals surface area contributed by atoms with Crippen LogP contribution in [0.1, 0.15) is 55.9 Å². The van der Waals surface area contributed by atoms with Crippen molar-refractivity contribution in [3.63, 3.8) is 0 Å². The van der Waals surface area contributed by atoms with Gasteiger partial charge in [0.25, 0.3) is 0 Å². The van der Waals surface area contributed by atoms with E-state index in [1.54, 1.807) is 12.1 Å². The highest BCUT2D eigenvalue weighted by Crippen LogP contribution is 2.38. The van der Waals surface area contributed by atoms with Gasteiger partial charge in [0.15, 0.2) is 0 Å². The van der Waals surface area contributed by atoms with Gasteiger partial charge >= 0.3 is 0 Å². The lowest BCUT2D eigenvalue weighted by Gasteiger charge is -2.24. The fraction of sp³-hybridized carbons (Fsp3) is 0.545. The number of amides is 1. The minimum Gasteiger partial charge on any atom is -0.497 e. The maximum absolute atomic E-state index is 13.2. The molecule has 1 amide bonds. The van der Waals surface area contributed by atoms with Crippen molar-refractivity contribution in [2.45, 2.75) is 55.8 Å². The monoisotopic (exact) mass is 447 g/mol. The van der Waals surface area contributed by atoms with Crippen LogP contribution in [0.2, 0.25) is 0 Å². The van der Waals surface area contributed by atoms with Gasteiger partial charge in [0, 0.05) is 37.6 Å². The molecule has 1 aromatic heterocycles. The van der Waals surface area contributed by atoms with Crippen LogP contribution in [0.15, 0.2) is 39.8 Å². The van der Waals surface area contributed by atoms with E-state index >= 15 is 0 Å².